The van der Waals surface area contributed by atoms with E-state index in [1.165, 1.54) is 6.21 Å². The molecule has 0 radical (unpaired) electrons. The third kappa shape index (κ3) is 4.26. The maximum Gasteiger partial charge on any atom is 0.273 e. The van der Waals surface area contributed by atoms with Gasteiger partial charge in [0.1, 0.15) is 11.5 Å². The van der Waals surface area contributed by atoms with Crippen LogP contribution >= 0.6 is 23.2 Å². The van der Waals surface area contributed by atoms with Crippen molar-refractivity contribution in [1.29, 1.82) is 0 Å². The fraction of sp³-hybridized carbons (Fsp3) is 0. The van der Waals surface area contributed by atoms with Crippen LogP contribution in [0.2, 0.25) is 10.0 Å². The highest BCUT2D eigenvalue weighted by Crippen LogP contribution is 2.31. The van der Waals surface area contributed by atoms with E-state index < -0.39 is 0 Å². The molecule has 4 aromatic rings. The van der Waals surface area contributed by atoms with Crippen LogP contribution < -0.4 is 5.43 Å². The van der Waals surface area contributed by atoms with Gasteiger partial charge in [-0.25, -0.2) is 5.43 Å². The third-order valence-corrected chi connectivity index (χ3v) is 4.77. The van der Waals surface area contributed by atoms with Crippen LogP contribution in [0, 0.1) is 0 Å². The Labute approximate surface area is 177 Å². The van der Waals surface area contributed by atoms with Gasteiger partial charge in [0, 0.05) is 23.0 Å². The molecule has 144 valence electrons. The van der Waals surface area contributed by atoms with E-state index in [0.717, 1.165) is 5.69 Å². The molecule has 2 heterocycles. The van der Waals surface area contributed by atoms with Gasteiger partial charge in [-0.1, -0.05) is 35.3 Å². The van der Waals surface area contributed by atoms with Crippen molar-refractivity contribution in [3.05, 3.63) is 100 Å². The molecule has 1 N–H and O–H groups in total. The number of rotatable bonds is 5. The fourth-order valence-corrected chi connectivity index (χ4v) is 3.24. The number of hydrogen-bond donors (Lipinski definition) is 1. The molecule has 0 fully saturated rings. The number of carbonyl (C=O) groups is 1. The number of furan rings is 1. The summed E-state index contributed by atoms with van der Waals surface area (Å²) < 4.78 is 7.60. The number of benzene rings is 2. The third-order valence-electron chi connectivity index (χ3n) is 4.21. The predicted molar refractivity (Wildman–Crippen MR) is 115 cm³/mol. The molecule has 5 nitrogen and oxygen atoms in total. The van der Waals surface area contributed by atoms with Gasteiger partial charge in [-0.3, -0.25) is 4.79 Å². The molecule has 29 heavy (non-hydrogen) atoms. The lowest BCUT2D eigenvalue weighted by Crippen LogP contribution is -2.19. The quantitative estimate of drug-likeness (QED) is 0.325. The SMILES string of the molecule is O=C(N/N=C\c1ccc(-c2cc(Cl)ccc2Cl)o1)c1ccccc1-n1cccc1. The molecule has 0 bridgehead atoms. The van der Waals surface area contributed by atoms with Crippen LogP contribution in [0.3, 0.4) is 0 Å². The predicted octanol–water partition coefficient (Wildman–Crippen LogP) is 5.81. The van der Waals surface area contributed by atoms with E-state index in [1.54, 1.807) is 42.5 Å². The molecule has 0 saturated carbocycles. The smallest absolute Gasteiger partial charge is 0.273 e. The first-order valence-corrected chi connectivity index (χ1v) is 9.48. The Balaban J connectivity index is 1.49. The van der Waals surface area contributed by atoms with Crippen LogP contribution in [-0.4, -0.2) is 16.7 Å². The standard InChI is InChI=1S/C22H15Cl2N3O2/c23-15-7-9-19(24)18(13-15)21-10-8-16(29-21)14-25-26-22(28)17-5-1-2-6-20(17)27-11-3-4-12-27/h1-14H,(H,26,28)/b25-14-. The van der Waals surface area contributed by atoms with E-state index in [9.17, 15) is 4.79 Å². The number of carbonyl (C=O) groups excluding carboxylic acids is 1. The number of hydrazone groups is 1. The number of amides is 1. The molecule has 4 rings (SSSR count). The Morgan fingerprint density at radius 2 is 1.79 bits per heavy atom. The molecule has 0 spiro atoms. The first-order chi connectivity index (χ1) is 14.1. The van der Waals surface area contributed by atoms with Crippen molar-refractivity contribution in [1.82, 2.24) is 9.99 Å². The highest BCUT2D eigenvalue weighted by atomic mass is 35.5. The van der Waals surface area contributed by atoms with Crippen molar-refractivity contribution < 1.29 is 9.21 Å². The van der Waals surface area contributed by atoms with E-state index in [-0.39, 0.29) is 5.91 Å². The molecule has 2 aromatic heterocycles. The topological polar surface area (TPSA) is 59.5 Å². The zero-order valence-electron chi connectivity index (χ0n) is 15.0. The monoisotopic (exact) mass is 423 g/mol. The molecule has 0 saturated heterocycles. The van der Waals surface area contributed by atoms with Crippen LogP contribution in [0.25, 0.3) is 17.0 Å². The van der Waals surface area contributed by atoms with Gasteiger partial charge in [0.2, 0.25) is 0 Å². The summed E-state index contributed by atoms with van der Waals surface area (Å²) in [6.07, 6.45) is 5.18. The van der Waals surface area contributed by atoms with Gasteiger partial charge in [0.25, 0.3) is 5.91 Å². The first-order valence-electron chi connectivity index (χ1n) is 8.73. The van der Waals surface area contributed by atoms with E-state index in [1.807, 2.05) is 41.2 Å². The summed E-state index contributed by atoms with van der Waals surface area (Å²) in [4.78, 5) is 12.6. The molecule has 0 unspecified atom stereocenters. The Bertz CT molecular complexity index is 1180. The zero-order chi connectivity index (χ0) is 20.2. The summed E-state index contributed by atoms with van der Waals surface area (Å²) >= 11 is 12.2. The van der Waals surface area contributed by atoms with Crippen molar-refractivity contribution >= 4 is 35.3 Å². The van der Waals surface area contributed by atoms with Crippen LogP contribution in [0.1, 0.15) is 16.1 Å². The molecule has 0 aliphatic carbocycles. The number of halogens is 2. The highest BCUT2D eigenvalue weighted by Gasteiger charge is 2.12. The molecule has 0 atom stereocenters. The van der Waals surface area contributed by atoms with E-state index in [4.69, 9.17) is 27.6 Å². The highest BCUT2D eigenvalue weighted by molar-refractivity contribution is 6.35. The minimum absolute atomic E-state index is 0.324. The van der Waals surface area contributed by atoms with Crippen LogP contribution in [0.15, 0.2) is 88.6 Å². The second-order valence-electron chi connectivity index (χ2n) is 6.13. The molecule has 2 aromatic carbocycles. The van der Waals surface area contributed by atoms with Crippen molar-refractivity contribution in [2.75, 3.05) is 0 Å². The number of nitrogens with zero attached hydrogens (tertiary/aromatic N) is 2. The van der Waals surface area contributed by atoms with Crippen LogP contribution in [0.4, 0.5) is 0 Å². The summed E-state index contributed by atoms with van der Waals surface area (Å²) in [6.45, 7) is 0. The number of hydrogen-bond acceptors (Lipinski definition) is 3. The summed E-state index contributed by atoms with van der Waals surface area (Å²) in [5.41, 5.74) is 4.48. The molecule has 1 amide bonds. The van der Waals surface area contributed by atoms with Gasteiger partial charge in [0.15, 0.2) is 0 Å². The number of aromatic nitrogens is 1. The summed E-state index contributed by atoms with van der Waals surface area (Å²) in [7, 11) is 0. The van der Waals surface area contributed by atoms with E-state index in [0.29, 0.717) is 32.7 Å². The van der Waals surface area contributed by atoms with Gasteiger partial charge >= 0.3 is 0 Å². The van der Waals surface area contributed by atoms with Crippen molar-refractivity contribution in [2.24, 2.45) is 5.10 Å². The first kappa shape index (κ1) is 19.1. The summed E-state index contributed by atoms with van der Waals surface area (Å²) in [5.74, 6) is 0.702. The number of para-hydroxylation sites is 1. The van der Waals surface area contributed by atoms with E-state index >= 15 is 0 Å². The molecular weight excluding hydrogens is 409 g/mol. The Kier molecular flexibility index (Phi) is 5.51. The second kappa shape index (κ2) is 8.39. The average Bonchev–Trinajstić information content (AvgIpc) is 3.42. The lowest BCUT2D eigenvalue weighted by atomic mass is 10.1. The van der Waals surface area contributed by atoms with Gasteiger partial charge in [-0.15, -0.1) is 0 Å². The minimum Gasteiger partial charge on any atom is -0.455 e. The second-order valence-corrected chi connectivity index (χ2v) is 6.98. The summed E-state index contributed by atoms with van der Waals surface area (Å²) in [5, 5.41) is 5.09. The van der Waals surface area contributed by atoms with Gasteiger partial charge < -0.3 is 8.98 Å². The Morgan fingerprint density at radius 1 is 1.00 bits per heavy atom. The van der Waals surface area contributed by atoms with Crippen LogP contribution in [-0.2, 0) is 0 Å². The Morgan fingerprint density at radius 3 is 2.62 bits per heavy atom. The maximum atomic E-state index is 12.6. The molecule has 0 aliphatic heterocycles. The normalized spacial score (nSPS) is 11.1. The van der Waals surface area contributed by atoms with Crippen LogP contribution in [0.5, 0.6) is 0 Å². The maximum absolute atomic E-state index is 12.6. The van der Waals surface area contributed by atoms with Crippen molar-refractivity contribution in [3.8, 4) is 17.0 Å². The fourth-order valence-electron chi connectivity index (χ4n) is 2.85. The average molecular weight is 424 g/mol. The van der Waals surface area contributed by atoms with Gasteiger partial charge in [-0.2, -0.15) is 5.10 Å². The number of nitrogens with one attached hydrogen (secondary N) is 1. The lowest BCUT2D eigenvalue weighted by Gasteiger charge is -2.08. The van der Waals surface area contributed by atoms with Crippen molar-refractivity contribution in [2.45, 2.75) is 0 Å². The van der Waals surface area contributed by atoms with E-state index in [2.05, 4.69) is 10.5 Å². The zero-order valence-corrected chi connectivity index (χ0v) is 16.6. The van der Waals surface area contributed by atoms with Gasteiger partial charge in [0.05, 0.1) is 22.5 Å². The van der Waals surface area contributed by atoms with Gasteiger partial charge in [-0.05, 0) is 54.6 Å². The minimum atomic E-state index is -0.324. The molecule has 7 heteroatoms. The summed E-state index contributed by atoms with van der Waals surface area (Å²) in [6, 6.07) is 19.7. The Hall–Kier alpha value is -3.28. The van der Waals surface area contributed by atoms with Crippen molar-refractivity contribution in [3.63, 3.8) is 0 Å². The lowest BCUT2D eigenvalue weighted by molar-refractivity contribution is 0.0955. The molecular formula is C22H15Cl2N3O2. The molecule has 0 aliphatic rings. The largest absolute Gasteiger partial charge is 0.455 e.